The summed E-state index contributed by atoms with van der Waals surface area (Å²) < 4.78 is 28.3. The highest BCUT2D eigenvalue weighted by Crippen LogP contribution is 2.20. The number of hydrogen-bond donors (Lipinski definition) is 0. The molecule has 0 spiro atoms. The standard InChI is InChI=1S/C17H22N2O2S/c1-18(22(20,21)19-11-5-2-6-12-19)14-15-9-10-16-7-3-4-8-17(16)13-15/h3-4,7-10,13H,2,5-6,11-12,14H2,1H3. The largest absolute Gasteiger partial charge is 0.282 e. The van der Waals surface area contributed by atoms with Crippen molar-refractivity contribution in [1.82, 2.24) is 8.61 Å². The fourth-order valence-electron chi connectivity index (χ4n) is 2.97. The van der Waals surface area contributed by atoms with Crippen molar-refractivity contribution in [1.29, 1.82) is 0 Å². The Morgan fingerprint density at radius 2 is 1.68 bits per heavy atom. The zero-order chi connectivity index (χ0) is 15.6. The van der Waals surface area contributed by atoms with Gasteiger partial charge in [0.2, 0.25) is 0 Å². The van der Waals surface area contributed by atoms with E-state index >= 15 is 0 Å². The number of nitrogens with zero attached hydrogens (tertiary/aromatic N) is 2. The molecule has 0 saturated carbocycles. The molecule has 22 heavy (non-hydrogen) atoms. The van der Waals surface area contributed by atoms with Crippen molar-refractivity contribution in [2.24, 2.45) is 0 Å². The molecule has 5 heteroatoms. The summed E-state index contributed by atoms with van der Waals surface area (Å²) in [5.74, 6) is 0. The van der Waals surface area contributed by atoms with Crippen LogP contribution in [0.3, 0.4) is 0 Å². The Balaban J connectivity index is 1.78. The van der Waals surface area contributed by atoms with Gasteiger partial charge in [0.25, 0.3) is 10.2 Å². The van der Waals surface area contributed by atoms with Crippen molar-refractivity contribution in [3.8, 4) is 0 Å². The predicted molar refractivity (Wildman–Crippen MR) is 89.8 cm³/mol. The van der Waals surface area contributed by atoms with Gasteiger partial charge in [-0.05, 0) is 35.2 Å². The van der Waals surface area contributed by atoms with Crippen molar-refractivity contribution in [2.75, 3.05) is 20.1 Å². The molecule has 0 aromatic heterocycles. The fourth-order valence-corrected chi connectivity index (χ4v) is 4.39. The number of hydrogen-bond acceptors (Lipinski definition) is 2. The maximum atomic E-state index is 12.6. The molecule has 0 aliphatic carbocycles. The molecular formula is C17H22N2O2S. The highest BCUT2D eigenvalue weighted by Gasteiger charge is 2.28. The summed E-state index contributed by atoms with van der Waals surface area (Å²) in [6, 6.07) is 14.2. The van der Waals surface area contributed by atoms with Crippen molar-refractivity contribution in [2.45, 2.75) is 25.8 Å². The van der Waals surface area contributed by atoms with E-state index in [0.717, 1.165) is 30.2 Å². The van der Waals surface area contributed by atoms with E-state index < -0.39 is 10.2 Å². The van der Waals surface area contributed by atoms with Gasteiger partial charge in [0, 0.05) is 26.7 Å². The van der Waals surface area contributed by atoms with Crippen LogP contribution in [0.15, 0.2) is 42.5 Å². The van der Waals surface area contributed by atoms with Crippen LogP contribution in [0.1, 0.15) is 24.8 Å². The third kappa shape index (κ3) is 3.16. The molecule has 1 heterocycles. The zero-order valence-corrected chi connectivity index (χ0v) is 13.7. The van der Waals surface area contributed by atoms with Gasteiger partial charge in [-0.2, -0.15) is 17.0 Å². The Hall–Kier alpha value is -1.43. The van der Waals surface area contributed by atoms with Gasteiger partial charge in [-0.25, -0.2) is 0 Å². The molecule has 0 N–H and O–H groups in total. The monoisotopic (exact) mass is 318 g/mol. The highest BCUT2D eigenvalue weighted by molar-refractivity contribution is 7.86. The summed E-state index contributed by atoms with van der Waals surface area (Å²) >= 11 is 0. The summed E-state index contributed by atoms with van der Waals surface area (Å²) in [6.07, 6.45) is 3.05. The molecule has 0 unspecified atom stereocenters. The number of fused-ring (bicyclic) bond motifs is 1. The third-order valence-corrected chi connectivity index (χ3v) is 6.19. The molecule has 0 radical (unpaired) electrons. The van der Waals surface area contributed by atoms with E-state index in [1.807, 2.05) is 24.3 Å². The van der Waals surface area contributed by atoms with E-state index in [0.29, 0.717) is 19.6 Å². The third-order valence-electron chi connectivity index (χ3n) is 4.25. The molecule has 3 rings (SSSR count). The molecule has 0 amide bonds. The molecule has 0 atom stereocenters. The van der Waals surface area contributed by atoms with Crippen LogP contribution in [-0.4, -0.2) is 37.2 Å². The lowest BCUT2D eigenvalue weighted by atomic mass is 10.1. The van der Waals surface area contributed by atoms with Gasteiger partial charge in [0.15, 0.2) is 0 Å². The molecule has 1 aliphatic heterocycles. The fraction of sp³-hybridized carbons (Fsp3) is 0.412. The second kappa shape index (κ2) is 6.36. The average Bonchev–Trinajstić information content (AvgIpc) is 2.55. The summed E-state index contributed by atoms with van der Waals surface area (Å²) in [5.41, 5.74) is 1.02. The van der Waals surface area contributed by atoms with Gasteiger partial charge < -0.3 is 0 Å². The maximum absolute atomic E-state index is 12.6. The van der Waals surface area contributed by atoms with Crippen LogP contribution in [0.2, 0.25) is 0 Å². The van der Waals surface area contributed by atoms with Gasteiger partial charge in [-0.1, -0.05) is 42.8 Å². The first kappa shape index (κ1) is 15.5. The number of benzene rings is 2. The van der Waals surface area contributed by atoms with E-state index in [2.05, 4.69) is 18.2 Å². The molecule has 2 aromatic carbocycles. The molecular weight excluding hydrogens is 296 g/mol. The van der Waals surface area contributed by atoms with E-state index in [1.165, 1.54) is 9.69 Å². The Morgan fingerprint density at radius 3 is 2.41 bits per heavy atom. The lowest BCUT2D eigenvalue weighted by molar-refractivity contribution is 0.314. The summed E-state index contributed by atoms with van der Waals surface area (Å²) in [5, 5.41) is 2.32. The van der Waals surface area contributed by atoms with Crippen LogP contribution in [0, 0.1) is 0 Å². The van der Waals surface area contributed by atoms with Crippen LogP contribution in [0.4, 0.5) is 0 Å². The average molecular weight is 318 g/mol. The predicted octanol–water partition coefficient (Wildman–Crippen LogP) is 3.00. The second-order valence-corrected chi connectivity index (χ2v) is 7.94. The molecule has 0 bridgehead atoms. The van der Waals surface area contributed by atoms with Crippen molar-refractivity contribution in [3.63, 3.8) is 0 Å². The first-order valence-electron chi connectivity index (χ1n) is 7.76. The summed E-state index contributed by atoms with van der Waals surface area (Å²) in [7, 11) is -1.68. The van der Waals surface area contributed by atoms with E-state index in [9.17, 15) is 8.42 Å². The molecule has 118 valence electrons. The Labute approximate surface area is 132 Å². The topological polar surface area (TPSA) is 40.6 Å². The van der Waals surface area contributed by atoms with Gasteiger partial charge >= 0.3 is 0 Å². The minimum Gasteiger partial charge on any atom is -0.195 e. The van der Waals surface area contributed by atoms with E-state index in [-0.39, 0.29) is 0 Å². The lowest BCUT2D eigenvalue weighted by Gasteiger charge is -2.30. The first-order valence-corrected chi connectivity index (χ1v) is 9.16. The first-order chi connectivity index (χ1) is 10.6. The number of piperidine rings is 1. The minimum absolute atomic E-state index is 0.406. The van der Waals surface area contributed by atoms with Crippen molar-refractivity contribution >= 4 is 21.0 Å². The quantitative estimate of drug-likeness (QED) is 0.869. The second-order valence-electron chi connectivity index (χ2n) is 5.91. The Bertz CT molecular complexity index is 752. The van der Waals surface area contributed by atoms with Crippen LogP contribution >= 0.6 is 0 Å². The van der Waals surface area contributed by atoms with Gasteiger partial charge in [-0.15, -0.1) is 0 Å². The lowest BCUT2D eigenvalue weighted by Crippen LogP contribution is -2.43. The highest BCUT2D eigenvalue weighted by atomic mass is 32.2. The van der Waals surface area contributed by atoms with Crippen LogP contribution in [0.25, 0.3) is 10.8 Å². The van der Waals surface area contributed by atoms with Gasteiger partial charge in [0.05, 0.1) is 0 Å². The Kier molecular flexibility index (Phi) is 4.47. The van der Waals surface area contributed by atoms with Crippen LogP contribution < -0.4 is 0 Å². The van der Waals surface area contributed by atoms with Crippen molar-refractivity contribution < 1.29 is 8.42 Å². The van der Waals surface area contributed by atoms with E-state index in [4.69, 9.17) is 0 Å². The van der Waals surface area contributed by atoms with E-state index in [1.54, 1.807) is 11.4 Å². The van der Waals surface area contributed by atoms with Gasteiger partial charge in [0.1, 0.15) is 0 Å². The molecule has 2 aromatic rings. The molecule has 4 nitrogen and oxygen atoms in total. The van der Waals surface area contributed by atoms with Crippen LogP contribution in [-0.2, 0) is 16.8 Å². The van der Waals surface area contributed by atoms with Crippen LogP contribution in [0.5, 0.6) is 0 Å². The number of rotatable bonds is 4. The zero-order valence-electron chi connectivity index (χ0n) is 12.9. The van der Waals surface area contributed by atoms with Gasteiger partial charge in [-0.3, -0.25) is 0 Å². The minimum atomic E-state index is -3.35. The molecule has 1 fully saturated rings. The normalized spacial score (nSPS) is 17.2. The molecule has 1 aliphatic rings. The summed E-state index contributed by atoms with van der Waals surface area (Å²) in [6.45, 7) is 1.69. The Morgan fingerprint density at radius 1 is 1.00 bits per heavy atom. The SMILES string of the molecule is CN(Cc1ccc2ccccc2c1)S(=O)(=O)N1CCCCC1. The summed E-state index contributed by atoms with van der Waals surface area (Å²) in [4.78, 5) is 0. The smallest absolute Gasteiger partial charge is 0.195 e. The maximum Gasteiger partial charge on any atom is 0.282 e. The van der Waals surface area contributed by atoms with Crippen molar-refractivity contribution in [3.05, 3.63) is 48.0 Å². The molecule has 1 saturated heterocycles.